The van der Waals surface area contributed by atoms with Crippen LogP contribution >= 0.6 is 11.6 Å². The van der Waals surface area contributed by atoms with Crippen LogP contribution in [0.1, 0.15) is 25.8 Å². The van der Waals surface area contributed by atoms with Gasteiger partial charge < -0.3 is 15.0 Å². The zero-order valence-electron chi connectivity index (χ0n) is 17.4. The van der Waals surface area contributed by atoms with E-state index in [9.17, 15) is 18.0 Å². The average molecular weight is 466 g/mol. The van der Waals surface area contributed by atoms with Gasteiger partial charge in [0.25, 0.3) is 0 Å². The van der Waals surface area contributed by atoms with Gasteiger partial charge in [0, 0.05) is 36.6 Å². The van der Waals surface area contributed by atoms with Crippen LogP contribution in [0.4, 0.5) is 11.4 Å². The van der Waals surface area contributed by atoms with Gasteiger partial charge >= 0.3 is 0 Å². The number of rotatable bonds is 7. The van der Waals surface area contributed by atoms with E-state index in [0.29, 0.717) is 22.9 Å². The van der Waals surface area contributed by atoms with Crippen molar-refractivity contribution >= 4 is 44.8 Å². The number of benzene rings is 2. The topological polar surface area (TPSA) is 105 Å². The van der Waals surface area contributed by atoms with E-state index < -0.39 is 10.0 Å². The lowest BCUT2D eigenvalue weighted by Crippen LogP contribution is -2.33. The van der Waals surface area contributed by atoms with Crippen molar-refractivity contribution in [2.24, 2.45) is 0 Å². The first-order chi connectivity index (χ1) is 14.6. The minimum atomic E-state index is -3.80. The van der Waals surface area contributed by atoms with Crippen molar-refractivity contribution in [2.75, 3.05) is 23.9 Å². The Balaban J connectivity index is 1.62. The minimum Gasteiger partial charge on any atom is -0.495 e. The summed E-state index contributed by atoms with van der Waals surface area (Å²) in [5, 5.41) is 3.10. The molecule has 1 aliphatic rings. The molecule has 1 aliphatic heterocycles. The molecule has 2 aromatic carbocycles. The van der Waals surface area contributed by atoms with Gasteiger partial charge in [-0.3, -0.25) is 9.59 Å². The largest absolute Gasteiger partial charge is 0.495 e. The second-order valence-electron chi connectivity index (χ2n) is 7.27. The number of hydrogen-bond acceptors (Lipinski definition) is 5. The lowest BCUT2D eigenvalue weighted by atomic mass is 10.1. The van der Waals surface area contributed by atoms with Crippen molar-refractivity contribution in [1.29, 1.82) is 0 Å². The number of anilines is 2. The highest BCUT2D eigenvalue weighted by atomic mass is 35.5. The van der Waals surface area contributed by atoms with Crippen molar-refractivity contribution in [3.05, 3.63) is 47.0 Å². The minimum absolute atomic E-state index is 0.0226. The van der Waals surface area contributed by atoms with Gasteiger partial charge in [0.1, 0.15) is 5.75 Å². The van der Waals surface area contributed by atoms with Gasteiger partial charge in [-0.1, -0.05) is 11.6 Å². The van der Waals surface area contributed by atoms with Crippen LogP contribution in [0.15, 0.2) is 41.3 Å². The highest BCUT2D eigenvalue weighted by Crippen LogP contribution is 2.34. The summed E-state index contributed by atoms with van der Waals surface area (Å²) in [4.78, 5) is 25.8. The molecule has 0 bridgehead atoms. The third kappa shape index (κ3) is 5.17. The van der Waals surface area contributed by atoms with Crippen LogP contribution in [-0.4, -0.2) is 39.9 Å². The van der Waals surface area contributed by atoms with E-state index in [2.05, 4.69) is 10.0 Å². The Labute approximate surface area is 186 Å². The molecule has 0 saturated heterocycles. The van der Waals surface area contributed by atoms with Crippen molar-refractivity contribution in [3.63, 3.8) is 0 Å². The summed E-state index contributed by atoms with van der Waals surface area (Å²) in [6.45, 7) is 3.33. The first-order valence-corrected chi connectivity index (χ1v) is 11.5. The zero-order chi connectivity index (χ0) is 22.8. The molecule has 2 amide bonds. The standard InChI is InChI=1S/C21H24ClN3O5S/c1-13-10-15-11-17(5-6-19(15)25(13)14(2)26)31(28,29)23-9-8-21(27)24-18-12-16(22)4-7-20(18)30-3/h4-7,11-13,23H,8-10H2,1-3H3,(H,24,27). The normalized spacial score (nSPS) is 15.5. The molecule has 0 fully saturated rings. The number of carbonyl (C=O) groups excluding carboxylic acids is 2. The van der Waals surface area contributed by atoms with E-state index in [1.54, 1.807) is 35.2 Å². The number of amides is 2. The molecule has 0 aliphatic carbocycles. The fraction of sp³-hybridized carbons (Fsp3) is 0.333. The van der Waals surface area contributed by atoms with Crippen LogP contribution in [0.2, 0.25) is 5.02 Å². The van der Waals surface area contributed by atoms with E-state index in [1.165, 1.54) is 20.1 Å². The van der Waals surface area contributed by atoms with Crippen molar-refractivity contribution in [3.8, 4) is 5.75 Å². The second-order valence-corrected chi connectivity index (χ2v) is 9.48. The lowest BCUT2D eigenvalue weighted by molar-refractivity contribution is -0.117. The van der Waals surface area contributed by atoms with Crippen LogP contribution in [0.5, 0.6) is 5.75 Å². The van der Waals surface area contributed by atoms with Gasteiger partial charge in [0.2, 0.25) is 21.8 Å². The van der Waals surface area contributed by atoms with Gasteiger partial charge in [0.05, 0.1) is 17.7 Å². The maximum absolute atomic E-state index is 12.7. The molecule has 10 heteroatoms. The molecule has 0 radical (unpaired) electrons. The molecule has 2 aromatic rings. The Kier molecular flexibility index (Phi) is 6.88. The average Bonchev–Trinajstić information content (AvgIpc) is 3.03. The molecule has 0 aromatic heterocycles. The fourth-order valence-electron chi connectivity index (χ4n) is 3.63. The van der Waals surface area contributed by atoms with E-state index in [1.807, 2.05) is 6.92 Å². The molecule has 2 N–H and O–H groups in total. The van der Waals surface area contributed by atoms with Gasteiger partial charge in [0.15, 0.2) is 0 Å². The van der Waals surface area contributed by atoms with Gasteiger partial charge in [-0.05, 0) is 55.3 Å². The number of fused-ring (bicyclic) bond motifs is 1. The van der Waals surface area contributed by atoms with E-state index in [4.69, 9.17) is 16.3 Å². The molecular formula is C21H24ClN3O5S. The summed E-state index contributed by atoms with van der Waals surface area (Å²) in [6, 6.07) is 9.48. The number of nitrogens with one attached hydrogen (secondary N) is 2. The van der Waals surface area contributed by atoms with Gasteiger partial charge in [-0.25, -0.2) is 13.1 Å². The smallest absolute Gasteiger partial charge is 0.240 e. The van der Waals surface area contributed by atoms with Crippen molar-refractivity contribution in [2.45, 2.75) is 37.6 Å². The summed E-state index contributed by atoms with van der Waals surface area (Å²) in [5.74, 6) is -0.0178. The third-order valence-corrected chi connectivity index (χ3v) is 6.69. The number of sulfonamides is 1. The maximum atomic E-state index is 12.7. The second kappa shape index (κ2) is 9.25. The summed E-state index contributed by atoms with van der Waals surface area (Å²) in [6.07, 6.45) is 0.511. The van der Waals surface area contributed by atoms with Crippen LogP contribution < -0.4 is 19.7 Å². The van der Waals surface area contributed by atoms with Gasteiger partial charge in [-0.15, -0.1) is 0 Å². The highest BCUT2D eigenvalue weighted by Gasteiger charge is 2.30. The number of methoxy groups -OCH3 is 1. The molecule has 8 nitrogen and oxygen atoms in total. The van der Waals surface area contributed by atoms with E-state index >= 15 is 0 Å². The number of ether oxygens (including phenoxy) is 1. The molecule has 1 unspecified atom stereocenters. The third-order valence-electron chi connectivity index (χ3n) is 5.00. The monoisotopic (exact) mass is 465 g/mol. The Hall–Kier alpha value is -2.62. The molecular weight excluding hydrogens is 442 g/mol. The number of hydrogen-bond donors (Lipinski definition) is 2. The summed E-state index contributed by atoms with van der Waals surface area (Å²) in [5.41, 5.74) is 1.94. The van der Waals surface area contributed by atoms with Crippen LogP contribution in [-0.2, 0) is 26.0 Å². The summed E-state index contributed by atoms with van der Waals surface area (Å²) in [7, 11) is -2.33. The van der Waals surface area contributed by atoms with Crippen molar-refractivity contribution in [1.82, 2.24) is 4.72 Å². The summed E-state index contributed by atoms with van der Waals surface area (Å²) < 4.78 is 32.9. The Morgan fingerprint density at radius 2 is 1.97 bits per heavy atom. The lowest BCUT2D eigenvalue weighted by Gasteiger charge is -2.20. The fourth-order valence-corrected chi connectivity index (χ4v) is 4.88. The molecule has 31 heavy (non-hydrogen) atoms. The first kappa shape index (κ1) is 23.1. The zero-order valence-corrected chi connectivity index (χ0v) is 19.0. The number of carbonyl (C=O) groups is 2. The predicted molar refractivity (Wildman–Crippen MR) is 119 cm³/mol. The molecule has 0 saturated carbocycles. The Bertz CT molecular complexity index is 1120. The molecule has 0 spiro atoms. The quantitative estimate of drug-likeness (QED) is 0.654. The van der Waals surface area contributed by atoms with Crippen LogP contribution in [0.3, 0.4) is 0 Å². The van der Waals surface area contributed by atoms with E-state index in [0.717, 1.165) is 11.3 Å². The van der Waals surface area contributed by atoms with Crippen LogP contribution in [0, 0.1) is 0 Å². The molecule has 1 atom stereocenters. The SMILES string of the molecule is COc1ccc(Cl)cc1NC(=O)CCNS(=O)(=O)c1ccc2c(c1)CC(C)N2C(C)=O. The number of nitrogens with zero attached hydrogens (tertiary/aromatic N) is 1. The van der Waals surface area contributed by atoms with Crippen LogP contribution in [0.25, 0.3) is 0 Å². The Morgan fingerprint density at radius 1 is 1.23 bits per heavy atom. The molecule has 3 rings (SSSR count). The van der Waals surface area contributed by atoms with Gasteiger partial charge in [-0.2, -0.15) is 0 Å². The summed E-state index contributed by atoms with van der Waals surface area (Å²) >= 11 is 5.94. The molecule has 1 heterocycles. The predicted octanol–water partition coefficient (Wildman–Crippen LogP) is 2.95. The number of halogens is 1. The first-order valence-electron chi connectivity index (χ1n) is 9.68. The highest BCUT2D eigenvalue weighted by molar-refractivity contribution is 7.89. The Morgan fingerprint density at radius 3 is 2.65 bits per heavy atom. The molecule has 166 valence electrons. The van der Waals surface area contributed by atoms with Crippen molar-refractivity contribution < 1.29 is 22.7 Å². The van der Waals surface area contributed by atoms with E-state index in [-0.39, 0.29) is 35.7 Å². The maximum Gasteiger partial charge on any atom is 0.240 e.